The standard InChI is InChI=1S/C14H13ClFNO/c1-17(11-5-2-4-10(16)8-11)9-12-13(15)6-3-7-14(12)18/h2-8,18H,9H2,1H3. The third-order valence-corrected chi connectivity index (χ3v) is 3.09. The summed E-state index contributed by atoms with van der Waals surface area (Å²) in [4.78, 5) is 1.82. The van der Waals surface area contributed by atoms with E-state index in [9.17, 15) is 9.50 Å². The van der Waals surface area contributed by atoms with E-state index >= 15 is 0 Å². The Morgan fingerprint density at radius 3 is 2.61 bits per heavy atom. The molecule has 4 heteroatoms. The first kappa shape index (κ1) is 12.7. The van der Waals surface area contributed by atoms with E-state index in [1.54, 1.807) is 30.3 Å². The van der Waals surface area contributed by atoms with E-state index in [4.69, 9.17) is 11.6 Å². The van der Waals surface area contributed by atoms with Crippen molar-refractivity contribution >= 4 is 17.3 Å². The Kier molecular flexibility index (Phi) is 3.72. The molecule has 0 atom stereocenters. The highest BCUT2D eigenvalue weighted by Gasteiger charge is 2.10. The quantitative estimate of drug-likeness (QED) is 0.912. The van der Waals surface area contributed by atoms with E-state index in [1.807, 2.05) is 11.9 Å². The summed E-state index contributed by atoms with van der Waals surface area (Å²) in [6, 6.07) is 11.3. The number of hydrogen-bond donors (Lipinski definition) is 1. The fraction of sp³-hybridized carbons (Fsp3) is 0.143. The third kappa shape index (κ3) is 2.74. The van der Waals surface area contributed by atoms with Crippen LogP contribution in [0.4, 0.5) is 10.1 Å². The number of hydrogen-bond acceptors (Lipinski definition) is 2. The van der Waals surface area contributed by atoms with Gasteiger partial charge in [-0.25, -0.2) is 4.39 Å². The predicted octanol–water partition coefficient (Wildman–Crippen LogP) is 3.82. The van der Waals surface area contributed by atoms with Gasteiger partial charge in [0, 0.05) is 29.9 Å². The second-order valence-corrected chi connectivity index (χ2v) is 4.48. The number of benzene rings is 2. The average Bonchev–Trinajstić information content (AvgIpc) is 2.34. The monoisotopic (exact) mass is 265 g/mol. The highest BCUT2D eigenvalue weighted by Crippen LogP contribution is 2.28. The third-order valence-electron chi connectivity index (χ3n) is 2.74. The summed E-state index contributed by atoms with van der Waals surface area (Å²) >= 11 is 6.03. The summed E-state index contributed by atoms with van der Waals surface area (Å²) in [5.41, 5.74) is 1.36. The number of halogens is 2. The van der Waals surface area contributed by atoms with Gasteiger partial charge in [0.05, 0.1) is 0 Å². The molecule has 0 heterocycles. The average molecular weight is 266 g/mol. The van der Waals surface area contributed by atoms with Gasteiger partial charge in [0.15, 0.2) is 0 Å². The van der Waals surface area contributed by atoms with Gasteiger partial charge in [0.1, 0.15) is 11.6 Å². The summed E-state index contributed by atoms with van der Waals surface area (Å²) in [5.74, 6) is -0.145. The van der Waals surface area contributed by atoms with Crippen LogP contribution in [0.15, 0.2) is 42.5 Å². The maximum atomic E-state index is 13.1. The fourth-order valence-electron chi connectivity index (χ4n) is 1.75. The Morgan fingerprint density at radius 1 is 1.22 bits per heavy atom. The molecular weight excluding hydrogens is 253 g/mol. The Morgan fingerprint density at radius 2 is 1.94 bits per heavy atom. The van der Waals surface area contributed by atoms with Crippen molar-refractivity contribution in [2.45, 2.75) is 6.54 Å². The molecule has 2 rings (SSSR count). The van der Waals surface area contributed by atoms with Gasteiger partial charge in [0.25, 0.3) is 0 Å². The second-order valence-electron chi connectivity index (χ2n) is 4.07. The Bertz CT molecular complexity index is 539. The number of phenols is 1. The van der Waals surface area contributed by atoms with Crippen molar-refractivity contribution in [2.24, 2.45) is 0 Å². The summed E-state index contributed by atoms with van der Waals surface area (Å²) < 4.78 is 13.1. The van der Waals surface area contributed by atoms with Crippen LogP contribution in [-0.2, 0) is 6.54 Å². The van der Waals surface area contributed by atoms with Crippen molar-refractivity contribution < 1.29 is 9.50 Å². The van der Waals surface area contributed by atoms with Crippen LogP contribution in [0, 0.1) is 5.82 Å². The van der Waals surface area contributed by atoms with Crippen LogP contribution in [0.5, 0.6) is 5.75 Å². The molecule has 2 nitrogen and oxygen atoms in total. The first-order chi connectivity index (χ1) is 8.58. The number of aromatic hydroxyl groups is 1. The highest BCUT2D eigenvalue weighted by molar-refractivity contribution is 6.31. The SMILES string of the molecule is CN(Cc1c(O)cccc1Cl)c1cccc(F)c1. The second kappa shape index (κ2) is 5.27. The topological polar surface area (TPSA) is 23.5 Å². The van der Waals surface area contributed by atoms with E-state index in [-0.39, 0.29) is 11.6 Å². The fourth-order valence-corrected chi connectivity index (χ4v) is 1.98. The molecule has 0 saturated heterocycles. The van der Waals surface area contributed by atoms with Gasteiger partial charge < -0.3 is 10.0 Å². The molecule has 18 heavy (non-hydrogen) atoms. The van der Waals surface area contributed by atoms with Gasteiger partial charge in [0.2, 0.25) is 0 Å². The minimum absolute atomic E-state index is 0.144. The van der Waals surface area contributed by atoms with Crippen LogP contribution in [0.25, 0.3) is 0 Å². The molecule has 2 aromatic rings. The summed E-state index contributed by atoms with van der Waals surface area (Å²) in [5, 5.41) is 10.3. The van der Waals surface area contributed by atoms with Crippen LogP contribution in [0.2, 0.25) is 5.02 Å². The van der Waals surface area contributed by atoms with Gasteiger partial charge in [-0.05, 0) is 30.3 Å². The molecule has 0 fully saturated rings. The van der Waals surface area contributed by atoms with Crippen molar-refractivity contribution in [3.8, 4) is 5.75 Å². The lowest BCUT2D eigenvalue weighted by molar-refractivity contribution is 0.468. The van der Waals surface area contributed by atoms with Crippen LogP contribution < -0.4 is 4.90 Å². The lowest BCUT2D eigenvalue weighted by Crippen LogP contribution is -2.16. The number of phenolic OH excluding ortho intramolecular Hbond substituents is 1. The zero-order chi connectivity index (χ0) is 13.1. The number of anilines is 1. The number of rotatable bonds is 3. The lowest BCUT2D eigenvalue weighted by atomic mass is 10.1. The summed E-state index contributed by atoms with van der Waals surface area (Å²) in [6.45, 7) is 0.412. The van der Waals surface area contributed by atoms with Crippen molar-refractivity contribution in [1.29, 1.82) is 0 Å². The maximum absolute atomic E-state index is 13.1. The minimum atomic E-state index is -0.289. The van der Waals surface area contributed by atoms with E-state index in [0.29, 0.717) is 17.1 Å². The molecule has 0 aliphatic carbocycles. The van der Waals surface area contributed by atoms with E-state index < -0.39 is 0 Å². The lowest BCUT2D eigenvalue weighted by Gasteiger charge is -2.20. The molecule has 0 aromatic heterocycles. The van der Waals surface area contributed by atoms with E-state index in [1.165, 1.54) is 12.1 Å². The summed E-state index contributed by atoms with van der Waals surface area (Å²) in [7, 11) is 1.82. The predicted molar refractivity (Wildman–Crippen MR) is 71.6 cm³/mol. The van der Waals surface area contributed by atoms with Crippen molar-refractivity contribution in [3.05, 3.63) is 58.9 Å². The van der Waals surface area contributed by atoms with Gasteiger partial charge in [-0.15, -0.1) is 0 Å². The molecule has 1 N–H and O–H groups in total. The van der Waals surface area contributed by atoms with Gasteiger partial charge in [-0.1, -0.05) is 23.7 Å². The maximum Gasteiger partial charge on any atom is 0.125 e. The zero-order valence-electron chi connectivity index (χ0n) is 9.90. The molecule has 0 amide bonds. The van der Waals surface area contributed by atoms with Crippen LogP contribution >= 0.6 is 11.6 Å². The van der Waals surface area contributed by atoms with Crippen LogP contribution in [0.3, 0.4) is 0 Å². The smallest absolute Gasteiger partial charge is 0.125 e. The molecule has 0 saturated carbocycles. The first-order valence-corrected chi connectivity index (χ1v) is 5.89. The molecular formula is C14H13ClFNO. The van der Waals surface area contributed by atoms with Crippen molar-refractivity contribution in [2.75, 3.05) is 11.9 Å². The largest absolute Gasteiger partial charge is 0.508 e. The molecule has 94 valence electrons. The number of nitrogens with zero attached hydrogens (tertiary/aromatic N) is 1. The molecule has 0 bridgehead atoms. The molecule has 0 spiro atoms. The molecule has 0 radical (unpaired) electrons. The van der Waals surface area contributed by atoms with Crippen LogP contribution in [-0.4, -0.2) is 12.2 Å². The molecule has 2 aromatic carbocycles. The van der Waals surface area contributed by atoms with Crippen molar-refractivity contribution in [3.63, 3.8) is 0 Å². The Balaban J connectivity index is 2.24. The summed E-state index contributed by atoms with van der Waals surface area (Å²) in [6.07, 6.45) is 0. The highest BCUT2D eigenvalue weighted by atomic mass is 35.5. The van der Waals surface area contributed by atoms with Crippen LogP contribution in [0.1, 0.15) is 5.56 Å². The van der Waals surface area contributed by atoms with E-state index in [0.717, 1.165) is 5.69 Å². The zero-order valence-corrected chi connectivity index (χ0v) is 10.7. The Hall–Kier alpha value is -1.74. The Labute approximate surface area is 110 Å². The van der Waals surface area contributed by atoms with Gasteiger partial charge in [-0.2, -0.15) is 0 Å². The molecule has 0 aliphatic heterocycles. The van der Waals surface area contributed by atoms with Crippen molar-refractivity contribution in [1.82, 2.24) is 0 Å². The molecule has 0 aliphatic rings. The van der Waals surface area contributed by atoms with E-state index in [2.05, 4.69) is 0 Å². The molecule has 0 unspecified atom stereocenters. The normalized spacial score (nSPS) is 10.4. The van der Waals surface area contributed by atoms with Gasteiger partial charge >= 0.3 is 0 Å². The van der Waals surface area contributed by atoms with Gasteiger partial charge in [-0.3, -0.25) is 0 Å². The minimum Gasteiger partial charge on any atom is -0.508 e. The first-order valence-electron chi connectivity index (χ1n) is 5.51.